The van der Waals surface area contributed by atoms with Gasteiger partial charge in [-0.3, -0.25) is 4.79 Å². The summed E-state index contributed by atoms with van der Waals surface area (Å²) < 4.78 is 0. The van der Waals surface area contributed by atoms with Crippen molar-refractivity contribution in [3.63, 3.8) is 0 Å². The summed E-state index contributed by atoms with van der Waals surface area (Å²) in [4.78, 5) is 11.6. The topological polar surface area (TPSA) is 17.1 Å². The van der Waals surface area contributed by atoms with Crippen LogP contribution in [-0.4, -0.2) is 5.78 Å². The van der Waals surface area contributed by atoms with Gasteiger partial charge in [-0.15, -0.1) is 0 Å². The Morgan fingerprint density at radius 1 is 0.900 bits per heavy atom. The minimum Gasteiger partial charge on any atom is -0.294 e. The normalized spacial score (nSPS) is 14.4. The zero-order valence-corrected chi connectivity index (χ0v) is 11.4. The first-order valence-electron chi connectivity index (χ1n) is 6.57. The highest BCUT2D eigenvalue weighted by Gasteiger charge is 2.10. The molecule has 1 aliphatic carbocycles. The van der Waals surface area contributed by atoms with E-state index in [4.69, 9.17) is 11.6 Å². The van der Waals surface area contributed by atoms with Gasteiger partial charge in [-0.1, -0.05) is 48.0 Å². The maximum Gasteiger partial charge on any atom is 0.161 e. The number of rotatable bonds is 0. The minimum absolute atomic E-state index is 0.0719. The van der Waals surface area contributed by atoms with Crippen molar-refractivity contribution in [1.82, 2.24) is 0 Å². The molecule has 0 saturated heterocycles. The quantitative estimate of drug-likeness (QED) is 0.578. The number of hydrogen-bond acceptors (Lipinski definition) is 1. The van der Waals surface area contributed by atoms with Crippen LogP contribution in [0.3, 0.4) is 0 Å². The fourth-order valence-electron chi connectivity index (χ4n) is 2.90. The highest BCUT2D eigenvalue weighted by Crippen LogP contribution is 2.23. The van der Waals surface area contributed by atoms with Crippen LogP contribution in [0.1, 0.15) is 6.42 Å². The highest BCUT2D eigenvalue weighted by molar-refractivity contribution is 6.47. The zero-order chi connectivity index (χ0) is 13.7. The summed E-state index contributed by atoms with van der Waals surface area (Å²) in [6, 6.07) is 16.7. The molecule has 2 heteroatoms. The second-order valence-electron chi connectivity index (χ2n) is 5.14. The maximum atomic E-state index is 11.6. The first kappa shape index (κ1) is 11.7. The summed E-state index contributed by atoms with van der Waals surface area (Å²) in [5.41, 5.74) is 0. The monoisotopic (exact) mass is 278 g/mol. The van der Waals surface area contributed by atoms with E-state index in [1.54, 1.807) is 6.08 Å². The molecule has 0 heterocycles. The number of carbonyl (C=O) groups is 1. The first-order valence-corrected chi connectivity index (χ1v) is 6.95. The average molecular weight is 279 g/mol. The van der Waals surface area contributed by atoms with Crippen molar-refractivity contribution in [2.75, 3.05) is 0 Å². The fraction of sp³-hybridized carbons (Fsp3) is 0.0556. The second kappa shape index (κ2) is 4.19. The van der Waals surface area contributed by atoms with Gasteiger partial charge in [0.2, 0.25) is 0 Å². The molecule has 0 amide bonds. The van der Waals surface area contributed by atoms with Gasteiger partial charge in [-0.05, 0) is 50.2 Å². The molecule has 0 unspecified atom stereocenters. The summed E-state index contributed by atoms with van der Waals surface area (Å²) in [5, 5.41) is 7.30. The molecule has 96 valence electrons. The molecule has 0 spiro atoms. The van der Waals surface area contributed by atoms with Gasteiger partial charge in [-0.2, -0.15) is 0 Å². The average Bonchev–Trinajstić information content (AvgIpc) is 2.45. The number of Topliss-reactive ketones (excluding diaryl/α,β-unsaturated/α-hetero) is 1. The van der Waals surface area contributed by atoms with E-state index in [1.165, 1.54) is 16.2 Å². The molecule has 0 saturated carbocycles. The molecule has 0 fully saturated rings. The molecule has 1 aliphatic rings. The lowest BCUT2D eigenvalue weighted by Gasteiger charge is -2.08. The molecule has 4 rings (SSSR count). The van der Waals surface area contributed by atoms with E-state index in [9.17, 15) is 4.79 Å². The van der Waals surface area contributed by atoms with E-state index in [0.717, 1.165) is 15.8 Å². The number of halogens is 1. The lowest BCUT2D eigenvalue weighted by molar-refractivity contribution is -0.112. The molecule has 3 aromatic rings. The largest absolute Gasteiger partial charge is 0.294 e. The van der Waals surface area contributed by atoms with Gasteiger partial charge in [0.05, 0.1) is 0 Å². The van der Waals surface area contributed by atoms with Crippen molar-refractivity contribution in [2.45, 2.75) is 6.42 Å². The van der Waals surface area contributed by atoms with Crippen molar-refractivity contribution in [3.8, 4) is 0 Å². The van der Waals surface area contributed by atoms with Crippen LogP contribution >= 0.6 is 11.6 Å². The van der Waals surface area contributed by atoms with Crippen molar-refractivity contribution >= 4 is 50.0 Å². The Labute approximate surface area is 120 Å². The van der Waals surface area contributed by atoms with Crippen LogP contribution in [0, 0.1) is 0 Å². The number of ketones is 1. The Balaban J connectivity index is 2.26. The van der Waals surface area contributed by atoms with Crippen LogP contribution < -0.4 is 10.4 Å². The number of hydrogen-bond donors (Lipinski definition) is 0. The van der Waals surface area contributed by atoms with E-state index in [2.05, 4.69) is 36.4 Å². The van der Waals surface area contributed by atoms with E-state index in [0.29, 0.717) is 11.5 Å². The summed E-state index contributed by atoms with van der Waals surface area (Å²) in [5.74, 6) is 0.0719. The third kappa shape index (κ3) is 1.67. The van der Waals surface area contributed by atoms with Crippen molar-refractivity contribution < 1.29 is 4.79 Å². The van der Waals surface area contributed by atoms with Crippen molar-refractivity contribution in [1.29, 1.82) is 0 Å². The zero-order valence-electron chi connectivity index (χ0n) is 10.7. The standard InChI is InChI=1S/C18H11ClO/c19-18-9-14(20)8-13-7-12-6-5-11-3-1-2-4-15(11)16(12)10-17(13)18/h1-8,10H,9H2. The smallest absolute Gasteiger partial charge is 0.161 e. The predicted molar refractivity (Wildman–Crippen MR) is 84.1 cm³/mol. The molecular formula is C18H11ClO. The van der Waals surface area contributed by atoms with Crippen LogP contribution in [0.5, 0.6) is 0 Å². The van der Waals surface area contributed by atoms with Crippen molar-refractivity contribution in [3.05, 3.63) is 59.0 Å². The van der Waals surface area contributed by atoms with Gasteiger partial charge in [0.15, 0.2) is 5.78 Å². The predicted octanol–water partition coefficient (Wildman–Crippen LogP) is 3.09. The third-order valence-corrected chi connectivity index (χ3v) is 4.19. The SMILES string of the molecule is O=C1C=c2cc3ccc4ccccc4c3cc2=C(Cl)C1. The molecule has 0 aromatic heterocycles. The summed E-state index contributed by atoms with van der Waals surface area (Å²) in [7, 11) is 0. The second-order valence-corrected chi connectivity index (χ2v) is 5.60. The Kier molecular flexibility index (Phi) is 2.45. The van der Waals surface area contributed by atoms with Gasteiger partial charge in [0.25, 0.3) is 0 Å². The van der Waals surface area contributed by atoms with Crippen LogP contribution in [-0.2, 0) is 4.79 Å². The van der Waals surface area contributed by atoms with E-state index < -0.39 is 0 Å². The summed E-state index contributed by atoms with van der Waals surface area (Å²) in [6.45, 7) is 0. The number of benzene rings is 3. The van der Waals surface area contributed by atoms with Crippen LogP contribution in [0.4, 0.5) is 0 Å². The maximum absolute atomic E-state index is 11.6. The summed E-state index contributed by atoms with van der Waals surface area (Å²) >= 11 is 6.27. The molecule has 0 bridgehead atoms. The number of carbonyl (C=O) groups excluding carboxylic acids is 1. The van der Waals surface area contributed by atoms with E-state index >= 15 is 0 Å². The van der Waals surface area contributed by atoms with E-state index in [-0.39, 0.29) is 5.78 Å². The molecule has 0 radical (unpaired) electrons. The van der Waals surface area contributed by atoms with Gasteiger partial charge in [0, 0.05) is 11.5 Å². The molecule has 0 N–H and O–H groups in total. The molecule has 0 aliphatic heterocycles. The van der Waals surface area contributed by atoms with Crippen molar-refractivity contribution in [2.24, 2.45) is 0 Å². The molecule has 3 aromatic carbocycles. The molecule has 1 nitrogen and oxygen atoms in total. The molecule has 20 heavy (non-hydrogen) atoms. The minimum atomic E-state index is 0.0719. The lowest BCUT2D eigenvalue weighted by Crippen LogP contribution is -2.30. The fourth-order valence-corrected chi connectivity index (χ4v) is 3.19. The van der Waals surface area contributed by atoms with Gasteiger partial charge >= 0.3 is 0 Å². The molecular weight excluding hydrogens is 268 g/mol. The Bertz CT molecular complexity index is 999. The Hall–Kier alpha value is -2.12. The summed E-state index contributed by atoms with van der Waals surface area (Å²) in [6.07, 6.45) is 2.00. The van der Waals surface area contributed by atoms with Crippen LogP contribution in [0.15, 0.2) is 48.5 Å². The van der Waals surface area contributed by atoms with Crippen LogP contribution in [0.2, 0.25) is 0 Å². The van der Waals surface area contributed by atoms with Crippen LogP contribution in [0.25, 0.3) is 32.7 Å². The van der Waals surface area contributed by atoms with Gasteiger partial charge in [-0.25, -0.2) is 0 Å². The number of fused-ring (bicyclic) bond motifs is 4. The highest BCUT2D eigenvalue weighted by atomic mass is 35.5. The van der Waals surface area contributed by atoms with Gasteiger partial charge < -0.3 is 0 Å². The first-order chi connectivity index (χ1) is 9.72. The van der Waals surface area contributed by atoms with E-state index in [1.807, 2.05) is 12.1 Å². The van der Waals surface area contributed by atoms with Gasteiger partial charge in [0.1, 0.15) is 0 Å². The lowest BCUT2D eigenvalue weighted by atomic mass is 9.98. The Morgan fingerprint density at radius 3 is 2.60 bits per heavy atom. The third-order valence-electron chi connectivity index (χ3n) is 3.85. The molecule has 0 atom stereocenters. The Morgan fingerprint density at radius 2 is 1.70 bits per heavy atom.